The van der Waals surface area contributed by atoms with E-state index in [4.69, 9.17) is 9.90 Å². The zero-order valence-electron chi connectivity index (χ0n) is 22.0. The molecule has 214 valence electrons. The number of carbonyl (C=O) groups is 1. The third-order valence-electron chi connectivity index (χ3n) is 5.67. The number of anilines is 1. The van der Waals surface area contributed by atoms with Crippen LogP contribution in [0.4, 0.5) is 23.2 Å². The SMILES string of the molecule is Cc1nc(S(=O)(=O)Cc2ccsn2)ccc1NCc1c(F)cccc1CN(C)C(C)(C)C.O=C(O)C(F)(F)F. The summed E-state index contributed by atoms with van der Waals surface area (Å²) in [5.74, 6) is -3.21. The van der Waals surface area contributed by atoms with E-state index in [9.17, 15) is 26.0 Å². The molecule has 2 N–H and O–H groups in total. The lowest BCUT2D eigenvalue weighted by molar-refractivity contribution is -0.192. The zero-order valence-corrected chi connectivity index (χ0v) is 23.6. The number of nitrogens with one attached hydrogen (secondary N) is 1. The Morgan fingerprint density at radius 2 is 1.77 bits per heavy atom. The van der Waals surface area contributed by atoms with Crippen molar-refractivity contribution in [1.29, 1.82) is 0 Å². The van der Waals surface area contributed by atoms with Gasteiger partial charge in [0.25, 0.3) is 0 Å². The summed E-state index contributed by atoms with van der Waals surface area (Å²) in [6.07, 6.45) is -5.08. The Bertz CT molecular complexity index is 1370. The summed E-state index contributed by atoms with van der Waals surface area (Å²) in [4.78, 5) is 15.3. The van der Waals surface area contributed by atoms with E-state index in [0.29, 0.717) is 29.2 Å². The van der Waals surface area contributed by atoms with Crippen molar-refractivity contribution in [2.24, 2.45) is 0 Å². The lowest BCUT2D eigenvalue weighted by Gasteiger charge is -2.32. The molecule has 0 unspecified atom stereocenters. The van der Waals surface area contributed by atoms with E-state index < -0.39 is 22.0 Å². The van der Waals surface area contributed by atoms with Crippen LogP contribution in [0.5, 0.6) is 0 Å². The Kier molecular flexibility index (Phi) is 10.6. The van der Waals surface area contributed by atoms with Gasteiger partial charge in [0.15, 0.2) is 5.03 Å². The number of hydrogen-bond acceptors (Lipinski definition) is 8. The predicted octanol–water partition coefficient (Wildman–Crippen LogP) is 5.44. The monoisotopic (exact) mass is 590 g/mol. The number of carboxylic acid groups (broad SMARTS) is 1. The molecule has 0 atom stereocenters. The smallest absolute Gasteiger partial charge is 0.475 e. The fourth-order valence-electron chi connectivity index (χ4n) is 3.10. The van der Waals surface area contributed by atoms with Crippen molar-refractivity contribution < 1.29 is 35.9 Å². The van der Waals surface area contributed by atoms with Crippen molar-refractivity contribution in [3.05, 3.63) is 70.1 Å². The number of sulfone groups is 1. The highest BCUT2D eigenvalue weighted by atomic mass is 32.2. The van der Waals surface area contributed by atoms with Gasteiger partial charge in [0.1, 0.15) is 5.82 Å². The standard InChI is InChI=1S/C23H29FN4O2S2.C2HF3O2/c1-16-21(9-10-22(26-16)32(29,30)15-18-11-12-31-27-18)25-13-19-17(7-6-8-20(19)24)14-28(5)23(2,3)4;3-2(4,5)1(6)7/h6-12,25H,13-15H2,1-5H3;(H,6,7). The normalized spacial score (nSPS) is 12.2. The van der Waals surface area contributed by atoms with Gasteiger partial charge in [0.05, 0.1) is 22.8 Å². The second kappa shape index (κ2) is 12.8. The summed E-state index contributed by atoms with van der Waals surface area (Å²) in [5, 5.41) is 12.1. The molecule has 39 heavy (non-hydrogen) atoms. The highest BCUT2D eigenvalue weighted by Crippen LogP contribution is 2.23. The topological polar surface area (TPSA) is 112 Å². The van der Waals surface area contributed by atoms with E-state index in [1.165, 1.54) is 23.7 Å². The van der Waals surface area contributed by atoms with Gasteiger partial charge in [-0.2, -0.15) is 17.5 Å². The molecule has 2 aromatic heterocycles. The predicted molar refractivity (Wildman–Crippen MR) is 141 cm³/mol. The van der Waals surface area contributed by atoms with Crippen LogP contribution in [-0.4, -0.2) is 52.5 Å². The molecule has 0 radical (unpaired) electrons. The van der Waals surface area contributed by atoms with Crippen molar-refractivity contribution in [3.63, 3.8) is 0 Å². The number of benzene rings is 1. The van der Waals surface area contributed by atoms with Gasteiger partial charge in [-0.05, 0) is 76.1 Å². The van der Waals surface area contributed by atoms with Crippen molar-refractivity contribution in [2.75, 3.05) is 12.4 Å². The molecule has 2 heterocycles. The van der Waals surface area contributed by atoms with Gasteiger partial charge < -0.3 is 10.4 Å². The molecule has 3 aromatic rings. The molecule has 0 aliphatic rings. The van der Waals surface area contributed by atoms with E-state index in [2.05, 4.69) is 40.3 Å². The maximum atomic E-state index is 14.6. The van der Waals surface area contributed by atoms with Crippen LogP contribution in [0.25, 0.3) is 0 Å². The number of alkyl halides is 3. The third-order valence-corrected chi connectivity index (χ3v) is 7.81. The van der Waals surface area contributed by atoms with E-state index in [1.54, 1.807) is 30.5 Å². The van der Waals surface area contributed by atoms with Crippen LogP contribution in [0, 0.1) is 12.7 Å². The van der Waals surface area contributed by atoms with Gasteiger partial charge in [-0.15, -0.1) is 0 Å². The van der Waals surface area contributed by atoms with Gasteiger partial charge in [0, 0.05) is 29.6 Å². The van der Waals surface area contributed by atoms with Crippen LogP contribution in [0.15, 0.2) is 46.8 Å². The Morgan fingerprint density at radius 3 is 2.28 bits per heavy atom. The molecular weight excluding hydrogens is 560 g/mol. The van der Waals surface area contributed by atoms with E-state index >= 15 is 0 Å². The fraction of sp³-hybridized carbons (Fsp3) is 0.400. The van der Waals surface area contributed by atoms with Crippen molar-refractivity contribution >= 4 is 33.0 Å². The highest BCUT2D eigenvalue weighted by Gasteiger charge is 2.38. The Balaban J connectivity index is 0.000000673. The largest absolute Gasteiger partial charge is 0.490 e. The summed E-state index contributed by atoms with van der Waals surface area (Å²) in [6, 6.07) is 9.96. The third kappa shape index (κ3) is 9.55. The van der Waals surface area contributed by atoms with Gasteiger partial charge >= 0.3 is 12.1 Å². The summed E-state index contributed by atoms with van der Waals surface area (Å²) < 4.78 is 75.7. The van der Waals surface area contributed by atoms with Crippen LogP contribution < -0.4 is 5.32 Å². The average Bonchev–Trinajstić information content (AvgIpc) is 3.31. The minimum atomic E-state index is -5.08. The molecule has 0 amide bonds. The molecule has 0 aliphatic heterocycles. The second-order valence-electron chi connectivity index (χ2n) is 9.59. The lowest BCUT2D eigenvalue weighted by atomic mass is 10.0. The number of aliphatic carboxylic acids is 1. The first-order valence-corrected chi connectivity index (χ1v) is 14.0. The van der Waals surface area contributed by atoms with Crippen LogP contribution in [0.3, 0.4) is 0 Å². The number of carboxylic acids is 1. The molecule has 8 nitrogen and oxygen atoms in total. The van der Waals surface area contributed by atoms with Crippen molar-refractivity contribution in [1.82, 2.24) is 14.3 Å². The summed E-state index contributed by atoms with van der Waals surface area (Å²) in [6.45, 7) is 8.96. The Labute approximate surface area is 228 Å². The number of aromatic nitrogens is 2. The first-order valence-electron chi connectivity index (χ1n) is 11.5. The first-order chi connectivity index (χ1) is 17.9. The molecule has 0 bridgehead atoms. The quantitative estimate of drug-likeness (QED) is 0.334. The van der Waals surface area contributed by atoms with Gasteiger partial charge in [0.2, 0.25) is 9.84 Å². The van der Waals surface area contributed by atoms with Crippen molar-refractivity contribution in [3.8, 4) is 0 Å². The molecule has 1 aromatic carbocycles. The minimum absolute atomic E-state index is 0.00642. The van der Waals surface area contributed by atoms with Crippen molar-refractivity contribution in [2.45, 2.75) is 63.3 Å². The molecular formula is C25H30F4N4O4S2. The zero-order chi connectivity index (χ0) is 29.6. The maximum absolute atomic E-state index is 14.6. The summed E-state index contributed by atoms with van der Waals surface area (Å²) >= 11 is 1.21. The molecule has 14 heteroatoms. The number of halogens is 4. The van der Waals surface area contributed by atoms with E-state index in [0.717, 1.165) is 5.56 Å². The van der Waals surface area contributed by atoms with Crippen LogP contribution >= 0.6 is 11.5 Å². The first kappa shape index (κ1) is 32.1. The number of nitrogens with zero attached hydrogens (tertiary/aromatic N) is 3. The lowest BCUT2D eigenvalue weighted by Crippen LogP contribution is -2.37. The molecule has 0 saturated carbocycles. The molecule has 3 rings (SSSR count). The minimum Gasteiger partial charge on any atom is -0.475 e. The molecule has 0 fully saturated rings. The average molecular weight is 591 g/mol. The molecule has 0 spiro atoms. The van der Waals surface area contributed by atoms with Crippen LogP contribution in [0.1, 0.15) is 43.3 Å². The Morgan fingerprint density at radius 1 is 1.13 bits per heavy atom. The van der Waals surface area contributed by atoms with Gasteiger partial charge in [-0.3, -0.25) is 4.90 Å². The number of rotatable bonds is 8. The van der Waals surface area contributed by atoms with E-state index in [-0.39, 0.29) is 28.7 Å². The summed E-state index contributed by atoms with van der Waals surface area (Å²) in [7, 11) is -1.58. The number of hydrogen-bond donors (Lipinski definition) is 2. The number of aryl methyl sites for hydroxylation is 1. The Hall–Kier alpha value is -3.10. The summed E-state index contributed by atoms with van der Waals surface area (Å²) in [5.41, 5.74) is 3.15. The maximum Gasteiger partial charge on any atom is 0.490 e. The van der Waals surface area contributed by atoms with Gasteiger partial charge in [-0.1, -0.05) is 12.1 Å². The van der Waals surface area contributed by atoms with E-state index in [1.807, 2.05) is 13.1 Å². The number of pyridine rings is 1. The van der Waals surface area contributed by atoms with Gasteiger partial charge in [-0.25, -0.2) is 22.6 Å². The molecule has 0 aliphatic carbocycles. The fourth-order valence-corrected chi connectivity index (χ4v) is 4.98. The van der Waals surface area contributed by atoms with Crippen LogP contribution in [-0.2, 0) is 33.5 Å². The second-order valence-corrected chi connectivity index (χ2v) is 12.2. The highest BCUT2D eigenvalue weighted by molar-refractivity contribution is 7.90. The van der Waals surface area contributed by atoms with Crippen LogP contribution in [0.2, 0.25) is 0 Å². The molecule has 0 saturated heterocycles.